The van der Waals surface area contributed by atoms with Gasteiger partial charge >= 0.3 is 6.18 Å². The summed E-state index contributed by atoms with van der Waals surface area (Å²) in [6.07, 6.45) is 0.123. The lowest BCUT2D eigenvalue weighted by Gasteiger charge is -2.30. The number of carbonyl (C=O) groups excluding carboxylic acids is 1. The maximum atomic E-state index is 14.0. The van der Waals surface area contributed by atoms with Crippen molar-refractivity contribution >= 4 is 26.8 Å². The molecular formula is C31H34F3N5O3S. The number of pyridine rings is 1. The summed E-state index contributed by atoms with van der Waals surface area (Å²) in [6, 6.07) is 15.0. The number of aromatic nitrogens is 3. The quantitative estimate of drug-likeness (QED) is 0.254. The maximum absolute atomic E-state index is 14.0. The first kappa shape index (κ1) is 30.7. The number of benzene rings is 2. The van der Waals surface area contributed by atoms with Crippen molar-refractivity contribution < 1.29 is 26.4 Å². The van der Waals surface area contributed by atoms with E-state index in [9.17, 15) is 26.4 Å². The molecule has 0 bridgehead atoms. The van der Waals surface area contributed by atoms with Crippen molar-refractivity contribution in [3.63, 3.8) is 0 Å². The molecule has 2 atom stereocenters. The van der Waals surface area contributed by atoms with Gasteiger partial charge in [-0.1, -0.05) is 35.9 Å². The summed E-state index contributed by atoms with van der Waals surface area (Å²) in [7, 11) is -0.221. The molecule has 5 rings (SSSR count). The van der Waals surface area contributed by atoms with E-state index in [2.05, 4.69) is 15.4 Å². The third-order valence-corrected chi connectivity index (χ3v) is 10.00. The van der Waals surface area contributed by atoms with Crippen LogP contribution < -0.4 is 5.32 Å². The van der Waals surface area contributed by atoms with E-state index in [1.54, 1.807) is 48.5 Å². The molecule has 0 spiro atoms. The number of hydrogen-bond acceptors (Lipinski definition) is 6. The summed E-state index contributed by atoms with van der Waals surface area (Å²) in [5, 5.41) is 7.66. The number of nitrogens with zero attached hydrogens (tertiary/aromatic N) is 4. The van der Waals surface area contributed by atoms with E-state index in [1.165, 1.54) is 18.6 Å². The highest BCUT2D eigenvalue weighted by atomic mass is 32.2. The van der Waals surface area contributed by atoms with Crippen molar-refractivity contribution in [2.24, 2.45) is 5.41 Å². The lowest BCUT2D eigenvalue weighted by atomic mass is 9.80. The molecule has 8 nitrogen and oxygen atoms in total. The number of fused-ring (bicyclic) bond motifs is 1. The molecule has 2 aromatic heterocycles. The molecule has 1 fully saturated rings. The smallest absolute Gasteiger partial charge is 0.355 e. The Bertz CT molecular complexity index is 1700. The maximum Gasteiger partial charge on any atom is 0.395 e. The zero-order chi connectivity index (χ0) is 31.0. The first-order valence-electron chi connectivity index (χ1n) is 14.0. The second-order valence-electron chi connectivity index (χ2n) is 11.5. The molecule has 2 aromatic carbocycles. The van der Waals surface area contributed by atoms with Gasteiger partial charge in [-0.3, -0.25) is 9.78 Å². The fraction of sp³-hybridized carbons (Fsp3) is 0.387. The molecule has 228 valence electrons. The standard InChI is InChI=1S/C31H34F3N5O3S/c1-21-6-10-26(11-7-21)43(41,42)39-28-16-22(8-9-24(28)19-37-39)15-25(38(2)3)20-36-29(40)17-27(23-5-4-14-35-18-23)30(12-13-30)31(32,33)34/h4-11,14,16,18-19,25,27H,12-13,15,17,20H2,1-3H3,(H,36,40)/t25-,27+/m0/s1. The minimum atomic E-state index is -4.42. The average Bonchev–Trinajstić information content (AvgIpc) is 3.67. The van der Waals surface area contributed by atoms with Crippen LogP contribution in [-0.2, 0) is 21.2 Å². The van der Waals surface area contributed by atoms with Gasteiger partial charge in [0, 0.05) is 42.7 Å². The van der Waals surface area contributed by atoms with Crippen LogP contribution in [0, 0.1) is 12.3 Å². The average molecular weight is 614 g/mol. The number of alkyl halides is 3. The lowest BCUT2D eigenvalue weighted by Crippen LogP contribution is -2.42. The molecule has 1 aliphatic rings. The van der Waals surface area contributed by atoms with Crippen LogP contribution in [0.1, 0.15) is 41.9 Å². The van der Waals surface area contributed by atoms with Crippen molar-refractivity contribution in [3.05, 3.63) is 89.9 Å². The highest BCUT2D eigenvalue weighted by Gasteiger charge is 2.67. The molecule has 43 heavy (non-hydrogen) atoms. The van der Waals surface area contributed by atoms with E-state index < -0.39 is 33.4 Å². The van der Waals surface area contributed by atoms with Gasteiger partial charge in [-0.2, -0.15) is 30.8 Å². The van der Waals surface area contributed by atoms with Gasteiger partial charge in [0.2, 0.25) is 5.91 Å². The molecule has 0 aliphatic heterocycles. The number of halogens is 3. The number of carbonyl (C=O) groups is 1. The Morgan fingerprint density at radius 2 is 1.81 bits per heavy atom. The first-order chi connectivity index (χ1) is 20.3. The van der Waals surface area contributed by atoms with Crippen molar-refractivity contribution in [2.45, 2.75) is 55.6 Å². The molecule has 0 unspecified atom stereocenters. The van der Waals surface area contributed by atoms with E-state index in [0.717, 1.165) is 15.2 Å². The van der Waals surface area contributed by atoms with Gasteiger partial charge in [-0.05, 0) is 75.7 Å². The number of rotatable bonds is 11. The van der Waals surface area contributed by atoms with Gasteiger partial charge in [0.25, 0.3) is 10.0 Å². The van der Waals surface area contributed by atoms with Gasteiger partial charge in [-0.15, -0.1) is 0 Å². The number of amides is 1. The van der Waals surface area contributed by atoms with Gasteiger partial charge in [0.1, 0.15) is 0 Å². The van der Waals surface area contributed by atoms with Crippen LogP contribution in [0.15, 0.2) is 78.1 Å². The zero-order valence-electron chi connectivity index (χ0n) is 24.2. The van der Waals surface area contributed by atoms with Crippen LogP contribution in [0.3, 0.4) is 0 Å². The Hall–Kier alpha value is -3.77. The predicted octanol–water partition coefficient (Wildman–Crippen LogP) is 5.08. The van der Waals surface area contributed by atoms with E-state index >= 15 is 0 Å². The molecule has 0 radical (unpaired) electrons. The summed E-state index contributed by atoms with van der Waals surface area (Å²) in [5.74, 6) is -1.48. The largest absolute Gasteiger partial charge is 0.395 e. The Morgan fingerprint density at radius 1 is 1.09 bits per heavy atom. The number of likely N-dealkylation sites (N-methyl/N-ethyl adjacent to an activating group) is 1. The molecule has 1 N–H and O–H groups in total. The SMILES string of the molecule is Cc1ccc(S(=O)(=O)n2ncc3ccc(C[C@@H](CNC(=O)C[C@H](c4cccnc4)C4(C(F)(F)F)CC4)N(C)C)cc32)cc1. The van der Waals surface area contributed by atoms with Gasteiger partial charge in [0.15, 0.2) is 0 Å². The predicted molar refractivity (Wildman–Crippen MR) is 157 cm³/mol. The summed E-state index contributed by atoms with van der Waals surface area (Å²) in [6.45, 7) is 2.07. The Balaban J connectivity index is 1.31. The van der Waals surface area contributed by atoms with E-state index in [0.29, 0.717) is 22.9 Å². The summed E-state index contributed by atoms with van der Waals surface area (Å²) >= 11 is 0. The van der Waals surface area contributed by atoms with Crippen molar-refractivity contribution in [3.8, 4) is 0 Å². The van der Waals surface area contributed by atoms with Crippen molar-refractivity contribution in [2.75, 3.05) is 20.6 Å². The molecule has 2 heterocycles. The molecule has 4 aromatic rings. The Kier molecular flexibility index (Phi) is 8.36. The third kappa shape index (κ3) is 6.30. The van der Waals surface area contributed by atoms with Crippen molar-refractivity contribution in [1.29, 1.82) is 0 Å². The summed E-state index contributed by atoms with van der Waals surface area (Å²) < 4.78 is 69.8. The van der Waals surface area contributed by atoms with Gasteiger partial charge in [-0.25, -0.2) is 0 Å². The monoisotopic (exact) mass is 613 g/mol. The second-order valence-corrected chi connectivity index (χ2v) is 13.3. The van der Waals surface area contributed by atoms with Crippen LogP contribution in [0.25, 0.3) is 10.9 Å². The van der Waals surface area contributed by atoms with E-state index in [1.807, 2.05) is 32.0 Å². The first-order valence-corrected chi connectivity index (χ1v) is 15.4. The molecule has 0 saturated heterocycles. The third-order valence-electron chi connectivity index (χ3n) is 8.38. The normalized spacial score (nSPS) is 16.3. The van der Waals surface area contributed by atoms with E-state index in [-0.39, 0.29) is 36.7 Å². The molecule has 1 aliphatic carbocycles. The van der Waals surface area contributed by atoms with Gasteiger partial charge < -0.3 is 10.2 Å². The highest BCUT2D eigenvalue weighted by Crippen LogP contribution is 2.66. The van der Waals surface area contributed by atoms with Gasteiger partial charge in [0.05, 0.1) is 22.0 Å². The number of hydrogen-bond donors (Lipinski definition) is 1. The number of aryl methyl sites for hydroxylation is 1. The van der Waals surface area contributed by atoms with Crippen LogP contribution in [-0.4, -0.2) is 66.3 Å². The van der Waals surface area contributed by atoms with Crippen LogP contribution in [0.5, 0.6) is 0 Å². The van der Waals surface area contributed by atoms with E-state index in [4.69, 9.17) is 0 Å². The lowest BCUT2D eigenvalue weighted by molar-refractivity contribution is -0.194. The second kappa shape index (κ2) is 11.7. The van der Waals surface area contributed by atoms with Crippen molar-refractivity contribution in [1.82, 2.24) is 24.4 Å². The van der Waals surface area contributed by atoms with Crippen LogP contribution >= 0.6 is 0 Å². The van der Waals surface area contributed by atoms with Crippen LogP contribution in [0.2, 0.25) is 0 Å². The highest BCUT2D eigenvalue weighted by molar-refractivity contribution is 7.90. The fourth-order valence-electron chi connectivity index (χ4n) is 5.55. The minimum Gasteiger partial charge on any atom is -0.355 e. The molecular weight excluding hydrogens is 579 g/mol. The van der Waals surface area contributed by atoms with Crippen LogP contribution in [0.4, 0.5) is 13.2 Å². The molecule has 1 amide bonds. The summed E-state index contributed by atoms with van der Waals surface area (Å²) in [5.41, 5.74) is 0.686. The molecule has 12 heteroatoms. The Morgan fingerprint density at radius 3 is 2.42 bits per heavy atom. The molecule has 1 saturated carbocycles. The fourth-order valence-corrected chi connectivity index (χ4v) is 6.81. The Labute approximate surface area is 249 Å². The summed E-state index contributed by atoms with van der Waals surface area (Å²) in [4.78, 5) is 19.1. The topological polar surface area (TPSA) is 97.2 Å². The minimum absolute atomic E-state index is 0.0115. The number of nitrogens with one attached hydrogen (secondary N) is 1. The zero-order valence-corrected chi connectivity index (χ0v) is 25.0.